The number of sulfonamides is 2. The van der Waals surface area contributed by atoms with Gasteiger partial charge in [-0.3, -0.25) is 19.2 Å². The second-order valence-electron chi connectivity index (χ2n) is 17.0. The van der Waals surface area contributed by atoms with Crippen molar-refractivity contribution in [3.05, 3.63) is 155 Å². The lowest BCUT2D eigenvalue weighted by molar-refractivity contribution is 0.0930. The van der Waals surface area contributed by atoms with Gasteiger partial charge < -0.3 is 13.9 Å². The molecule has 0 saturated heterocycles. The summed E-state index contributed by atoms with van der Waals surface area (Å²) in [4.78, 5) is 55.3. The normalized spacial score (nSPS) is 17.2. The molecule has 3 heterocycles. The number of hydrogen-bond donors (Lipinski definition) is 2. The number of rotatable bonds is 10. The molecule has 336 valence electrons. The molecule has 2 saturated carbocycles. The van der Waals surface area contributed by atoms with E-state index in [2.05, 4.69) is 14.4 Å². The lowest BCUT2D eigenvalue weighted by atomic mass is 9.94. The smallest absolute Gasteiger partial charge is 0.265 e. The van der Waals surface area contributed by atoms with Crippen LogP contribution in [0.3, 0.4) is 0 Å². The number of nitrogens with zero attached hydrogens (tertiary/aromatic N) is 1. The summed E-state index contributed by atoms with van der Waals surface area (Å²) in [5.74, 6) is -0.197. The van der Waals surface area contributed by atoms with Crippen molar-refractivity contribution in [3.63, 3.8) is 0 Å². The predicted molar refractivity (Wildman–Crippen MR) is 246 cm³/mol. The standard InChI is InChI=1S/C30H24N2O6S.C20H19NO5S/c1-30(13-14-30)39(35,36)32-28(34)24-10-6-5-9-23(24)20-11-12-25-26(16-20)37-17-21(27(25)33)15-22-18-38-29(31-22)19-7-3-2-4-8-19;1-20(9-10-20)27(24,25)21-19(23)15-5-3-2-4-14(15)13-6-7-16-17(22)8-11-26-18(16)12-13/h2-12,15-16,18H,13-14,17H2,1H3,(H,32,34);2-7,12H,8-11H2,1H3,(H,21,23). The Morgan fingerprint density at radius 3 is 1.70 bits per heavy atom. The highest BCUT2D eigenvalue weighted by molar-refractivity contribution is 7.92. The fraction of sp³-hybridized carbons (Fsp3) is 0.220. The van der Waals surface area contributed by atoms with Gasteiger partial charge in [0, 0.05) is 28.7 Å². The van der Waals surface area contributed by atoms with Gasteiger partial charge in [-0.15, -0.1) is 0 Å². The van der Waals surface area contributed by atoms with Crippen LogP contribution >= 0.6 is 0 Å². The largest absolute Gasteiger partial charge is 0.492 e. The van der Waals surface area contributed by atoms with E-state index in [-0.39, 0.29) is 29.3 Å². The number of benzene rings is 5. The SMILES string of the molecule is CC1(S(=O)(=O)NC(=O)c2ccccc2-c2ccc3c(c2)OCC(=Cc2coc(-c4ccccc4)n2)C3=O)CC1.CC1(S(=O)(=O)NC(=O)c2ccccc2-c2ccc3c(c2)OCCC3=O)CC1. The minimum Gasteiger partial charge on any atom is -0.492 e. The fourth-order valence-corrected chi connectivity index (χ4v) is 10.0. The Labute approximate surface area is 381 Å². The topological polar surface area (TPSA) is 205 Å². The van der Waals surface area contributed by atoms with E-state index < -0.39 is 41.4 Å². The van der Waals surface area contributed by atoms with E-state index in [1.54, 1.807) is 105 Å². The zero-order valence-electron chi connectivity index (χ0n) is 35.8. The summed E-state index contributed by atoms with van der Waals surface area (Å²) < 4.78 is 69.7. The summed E-state index contributed by atoms with van der Waals surface area (Å²) in [6.07, 6.45) is 5.63. The Morgan fingerprint density at radius 1 is 0.621 bits per heavy atom. The van der Waals surface area contributed by atoms with E-state index >= 15 is 0 Å². The van der Waals surface area contributed by atoms with E-state index in [0.717, 1.165) is 5.56 Å². The molecule has 2 aliphatic carbocycles. The van der Waals surface area contributed by atoms with Gasteiger partial charge in [-0.25, -0.2) is 31.3 Å². The highest BCUT2D eigenvalue weighted by Gasteiger charge is 2.52. The van der Waals surface area contributed by atoms with Crippen molar-refractivity contribution in [2.45, 2.75) is 55.4 Å². The lowest BCUT2D eigenvalue weighted by Crippen LogP contribution is -2.38. The second-order valence-corrected chi connectivity index (χ2v) is 21.4. The van der Waals surface area contributed by atoms with E-state index in [0.29, 0.717) is 101 Å². The molecule has 10 rings (SSSR count). The number of amides is 2. The van der Waals surface area contributed by atoms with Crippen molar-refractivity contribution < 1.29 is 49.9 Å². The van der Waals surface area contributed by atoms with Crippen LogP contribution in [0.25, 0.3) is 39.8 Å². The Kier molecular flexibility index (Phi) is 11.3. The molecule has 1 aromatic heterocycles. The van der Waals surface area contributed by atoms with Crippen LogP contribution in [-0.4, -0.2) is 67.9 Å². The molecule has 0 bridgehead atoms. The highest BCUT2D eigenvalue weighted by atomic mass is 32.2. The maximum atomic E-state index is 13.2. The first-order chi connectivity index (χ1) is 31.5. The first-order valence-corrected chi connectivity index (χ1v) is 24.2. The van der Waals surface area contributed by atoms with Gasteiger partial charge in [0.05, 0.1) is 27.2 Å². The molecular formula is C50H43N3O11S2. The van der Waals surface area contributed by atoms with E-state index in [9.17, 15) is 36.0 Å². The summed E-state index contributed by atoms with van der Waals surface area (Å²) in [7, 11) is -7.51. The van der Waals surface area contributed by atoms with Gasteiger partial charge in [0.25, 0.3) is 11.8 Å². The van der Waals surface area contributed by atoms with Gasteiger partial charge in [0.15, 0.2) is 11.6 Å². The van der Waals surface area contributed by atoms with Crippen molar-refractivity contribution in [2.24, 2.45) is 0 Å². The summed E-state index contributed by atoms with van der Waals surface area (Å²) in [5.41, 5.74) is 5.57. The molecule has 66 heavy (non-hydrogen) atoms. The van der Waals surface area contributed by atoms with Crippen LogP contribution in [0.4, 0.5) is 0 Å². The van der Waals surface area contributed by atoms with Crippen LogP contribution in [-0.2, 0) is 20.0 Å². The van der Waals surface area contributed by atoms with Crippen molar-refractivity contribution in [1.82, 2.24) is 14.4 Å². The molecule has 0 atom stereocenters. The maximum Gasteiger partial charge on any atom is 0.265 e. The monoisotopic (exact) mass is 925 g/mol. The van der Waals surface area contributed by atoms with Crippen LogP contribution in [0.5, 0.6) is 11.5 Å². The highest BCUT2D eigenvalue weighted by Crippen LogP contribution is 2.43. The Morgan fingerprint density at radius 2 is 1.14 bits per heavy atom. The van der Waals surface area contributed by atoms with Gasteiger partial charge >= 0.3 is 0 Å². The summed E-state index contributed by atoms with van der Waals surface area (Å²) in [6, 6.07) is 33.2. The number of ether oxygens (including phenoxy) is 2. The van der Waals surface area contributed by atoms with Gasteiger partial charge in [-0.05, 0) is 116 Å². The number of nitrogens with one attached hydrogen (secondary N) is 2. The zero-order valence-corrected chi connectivity index (χ0v) is 37.5. The molecule has 5 aromatic carbocycles. The molecule has 2 N–H and O–H groups in total. The average Bonchev–Trinajstić information content (AvgIpc) is 4.22. The van der Waals surface area contributed by atoms with Crippen molar-refractivity contribution >= 4 is 49.5 Å². The minimum atomic E-state index is -3.79. The van der Waals surface area contributed by atoms with Crippen molar-refractivity contribution in [3.8, 4) is 45.2 Å². The molecule has 14 nitrogen and oxygen atoms in total. The number of aromatic nitrogens is 1. The summed E-state index contributed by atoms with van der Waals surface area (Å²) >= 11 is 0. The average molecular weight is 926 g/mol. The lowest BCUT2D eigenvalue weighted by Gasteiger charge is -2.20. The summed E-state index contributed by atoms with van der Waals surface area (Å²) in [5, 5.41) is 0. The third-order valence-corrected chi connectivity index (χ3v) is 16.6. The number of oxazole rings is 1. The van der Waals surface area contributed by atoms with Gasteiger partial charge in [-0.1, -0.05) is 66.7 Å². The molecule has 4 aliphatic rings. The molecule has 0 spiro atoms. The van der Waals surface area contributed by atoms with Crippen LogP contribution in [0.2, 0.25) is 0 Å². The molecule has 16 heteroatoms. The molecular weight excluding hydrogens is 883 g/mol. The van der Waals surface area contributed by atoms with E-state index in [1.807, 2.05) is 30.3 Å². The summed E-state index contributed by atoms with van der Waals surface area (Å²) in [6.45, 7) is 3.63. The number of carbonyl (C=O) groups is 4. The minimum absolute atomic E-state index is 0.0256. The Hall–Kier alpha value is -7.17. The Balaban J connectivity index is 0.000000178. The zero-order chi connectivity index (χ0) is 46.4. The van der Waals surface area contributed by atoms with Crippen LogP contribution in [0.15, 0.2) is 132 Å². The van der Waals surface area contributed by atoms with Crippen molar-refractivity contribution in [1.29, 1.82) is 0 Å². The quantitative estimate of drug-likeness (QED) is 0.125. The molecule has 6 aromatic rings. The third kappa shape index (κ3) is 8.68. The second kappa shape index (κ2) is 17.0. The maximum absolute atomic E-state index is 13.2. The molecule has 2 amide bonds. The first-order valence-electron chi connectivity index (χ1n) is 21.2. The van der Waals surface area contributed by atoms with Crippen LogP contribution < -0.4 is 18.9 Å². The Bertz CT molecular complexity index is 3220. The predicted octanol–water partition coefficient (Wildman–Crippen LogP) is 8.21. The van der Waals surface area contributed by atoms with Crippen LogP contribution in [0, 0.1) is 0 Å². The van der Waals surface area contributed by atoms with Crippen molar-refractivity contribution in [2.75, 3.05) is 13.2 Å². The number of ketones is 2. The number of fused-ring (bicyclic) bond motifs is 2. The van der Waals surface area contributed by atoms with Gasteiger partial charge in [0.2, 0.25) is 25.9 Å². The first kappa shape index (κ1) is 44.1. The molecule has 0 unspecified atom stereocenters. The molecule has 0 radical (unpaired) electrons. The fourth-order valence-electron chi connectivity index (χ4n) is 7.53. The molecule has 2 fully saturated rings. The van der Waals surface area contributed by atoms with E-state index in [1.165, 1.54) is 6.26 Å². The van der Waals surface area contributed by atoms with E-state index in [4.69, 9.17) is 13.9 Å². The van der Waals surface area contributed by atoms with Gasteiger partial charge in [0.1, 0.15) is 30.1 Å². The number of hydrogen-bond acceptors (Lipinski definition) is 12. The van der Waals surface area contributed by atoms with Crippen LogP contribution in [0.1, 0.15) is 93.1 Å². The number of carbonyl (C=O) groups excluding carboxylic acids is 4. The number of Topliss-reactive ketones (excluding diaryl/α,β-unsaturated/α-hetero) is 2. The molecule has 2 aliphatic heterocycles. The third-order valence-electron chi connectivity index (χ3n) is 12.3. The van der Waals surface area contributed by atoms with Gasteiger partial charge in [-0.2, -0.15) is 0 Å².